The highest BCUT2D eigenvalue weighted by molar-refractivity contribution is 7.86. The van der Waals surface area contributed by atoms with Gasteiger partial charge in [0, 0.05) is 43.7 Å². The predicted octanol–water partition coefficient (Wildman–Crippen LogP) is 2.91. The smallest absolute Gasteiger partial charge is 0.250 e. The molecule has 0 radical (unpaired) electrons. The Kier molecular flexibility index (Phi) is 6.37. The highest BCUT2D eigenvalue weighted by atomic mass is 32.2. The van der Waals surface area contributed by atoms with Crippen LogP contribution in [0.25, 0.3) is 0 Å². The van der Waals surface area contributed by atoms with Gasteiger partial charge in [-0.05, 0) is 26.7 Å². The molecule has 0 spiro atoms. The molecule has 1 fully saturated rings. The quantitative estimate of drug-likeness (QED) is 0.763. The van der Waals surface area contributed by atoms with Crippen molar-refractivity contribution in [1.82, 2.24) is 13.6 Å². The fourth-order valence-corrected chi connectivity index (χ4v) is 5.40. The summed E-state index contributed by atoms with van der Waals surface area (Å²) in [5, 5.41) is 2.92. The van der Waals surface area contributed by atoms with E-state index in [9.17, 15) is 8.42 Å². The SMILES string of the molecule is CC(C)N(CCc1nccs1)S(=O)(=O)N(C)C1CCCCC1. The zero-order valence-electron chi connectivity index (χ0n) is 13.7. The van der Waals surface area contributed by atoms with Crippen LogP contribution in [0.3, 0.4) is 0 Å². The monoisotopic (exact) mass is 345 g/mol. The number of nitrogens with zero attached hydrogens (tertiary/aromatic N) is 3. The van der Waals surface area contributed by atoms with Gasteiger partial charge >= 0.3 is 0 Å². The van der Waals surface area contributed by atoms with E-state index in [-0.39, 0.29) is 12.1 Å². The molecule has 0 N–H and O–H groups in total. The molecule has 1 aliphatic rings. The van der Waals surface area contributed by atoms with E-state index in [1.54, 1.807) is 33.2 Å². The Hall–Kier alpha value is -0.500. The Morgan fingerprint density at radius 2 is 2.00 bits per heavy atom. The molecule has 1 aromatic heterocycles. The summed E-state index contributed by atoms with van der Waals surface area (Å²) < 4.78 is 29.2. The molecule has 22 heavy (non-hydrogen) atoms. The van der Waals surface area contributed by atoms with Crippen molar-refractivity contribution < 1.29 is 8.42 Å². The van der Waals surface area contributed by atoms with Gasteiger partial charge in [0.25, 0.3) is 10.2 Å². The number of rotatable bonds is 7. The molecule has 0 aliphatic heterocycles. The summed E-state index contributed by atoms with van der Waals surface area (Å²) in [6, 6.07) is 0.107. The van der Waals surface area contributed by atoms with Gasteiger partial charge in [-0.1, -0.05) is 19.3 Å². The molecule has 0 saturated heterocycles. The predicted molar refractivity (Wildman–Crippen MR) is 91.2 cm³/mol. The van der Waals surface area contributed by atoms with Gasteiger partial charge in [-0.3, -0.25) is 0 Å². The van der Waals surface area contributed by atoms with Gasteiger partial charge in [0.15, 0.2) is 0 Å². The summed E-state index contributed by atoms with van der Waals surface area (Å²) >= 11 is 1.58. The van der Waals surface area contributed by atoms with Crippen LogP contribution in [-0.4, -0.2) is 47.7 Å². The normalized spacial score (nSPS) is 17.7. The van der Waals surface area contributed by atoms with E-state index in [4.69, 9.17) is 0 Å². The lowest BCUT2D eigenvalue weighted by Gasteiger charge is -2.36. The van der Waals surface area contributed by atoms with Crippen LogP contribution in [0.4, 0.5) is 0 Å². The first-order valence-corrected chi connectivity index (χ1v) is 10.3. The van der Waals surface area contributed by atoms with Gasteiger partial charge in [-0.2, -0.15) is 17.0 Å². The first-order valence-electron chi connectivity index (χ1n) is 8.06. The maximum Gasteiger partial charge on any atom is 0.282 e. The topological polar surface area (TPSA) is 53.5 Å². The van der Waals surface area contributed by atoms with Crippen LogP contribution >= 0.6 is 11.3 Å². The Bertz CT molecular complexity index is 537. The molecule has 1 aliphatic carbocycles. The fourth-order valence-electron chi connectivity index (χ4n) is 3.02. The summed E-state index contributed by atoms with van der Waals surface area (Å²) in [6.45, 7) is 4.37. The van der Waals surface area contributed by atoms with E-state index in [2.05, 4.69) is 4.98 Å². The van der Waals surface area contributed by atoms with Gasteiger partial charge in [0.1, 0.15) is 0 Å². The lowest BCUT2D eigenvalue weighted by Crippen LogP contribution is -2.50. The van der Waals surface area contributed by atoms with Crippen molar-refractivity contribution in [2.24, 2.45) is 0 Å². The molecule has 7 heteroatoms. The molecule has 0 aromatic carbocycles. The van der Waals surface area contributed by atoms with Crippen molar-refractivity contribution in [3.63, 3.8) is 0 Å². The van der Waals surface area contributed by atoms with Crippen molar-refractivity contribution in [2.75, 3.05) is 13.6 Å². The average Bonchev–Trinajstić information content (AvgIpc) is 3.00. The number of hydrogen-bond acceptors (Lipinski definition) is 4. The van der Waals surface area contributed by atoms with Crippen LogP contribution in [0.15, 0.2) is 11.6 Å². The van der Waals surface area contributed by atoms with Crippen LogP contribution in [0.5, 0.6) is 0 Å². The lowest BCUT2D eigenvalue weighted by molar-refractivity contribution is 0.252. The zero-order chi connectivity index (χ0) is 16.2. The highest BCUT2D eigenvalue weighted by Crippen LogP contribution is 2.25. The maximum atomic E-state index is 13.0. The van der Waals surface area contributed by atoms with Crippen molar-refractivity contribution in [2.45, 2.75) is 64.5 Å². The van der Waals surface area contributed by atoms with Crippen molar-refractivity contribution in [1.29, 1.82) is 0 Å². The molecule has 2 rings (SSSR count). The minimum absolute atomic E-state index is 0.0454. The Morgan fingerprint density at radius 3 is 2.55 bits per heavy atom. The molecule has 1 heterocycles. The second-order valence-electron chi connectivity index (χ2n) is 6.20. The van der Waals surface area contributed by atoms with Gasteiger partial charge in [0.05, 0.1) is 5.01 Å². The largest absolute Gasteiger partial charge is 0.282 e. The average molecular weight is 346 g/mol. The lowest BCUT2D eigenvalue weighted by atomic mass is 9.96. The molecule has 126 valence electrons. The van der Waals surface area contributed by atoms with Crippen LogP contribution < -0.4 is 0 Å². The first kappa shape index (κ1) is 17.8. The molecular formula is C15H27N3O2S2. The van der Waals surface area contributed by atoms with Gasteiger partial charge in [-0.15, -0.1) is 11.3 Å². The first-order chi connectivity index (χ1) is 10.4. The third-order valence-electron chi connectivity index (χ3n) is 4.35. The number of aromatic nitrogens is 1. The van der Waals surface area contributed by atoms with E-state index in [1.807, 2.05) is 19.2 Å². The van der Waals surface area contributed by atoms with Crippen molar-refractivity contribution >= 4 is 21.5 Å². The maximum absolute atomic E-state index is 13.0. The second-order valence-corrected chi connectivity index (χ2v) is 9.12. The molecule has 0 unspecified atom stereocenters. The van der Waals surface area contributed by atoms with Gasteiger partial charge in [0.2, 0.25) is 0 Å². The molecule has 0 amide bonds. The summed E-state index contributed by atoms with van der Waals surface area (Å²) in [4.78, 5) is 4.25. The summed E-state index contributed by atoms with van der Waals surface area (Å²) in [7, 11) is -1.67. The van der Waals surface area contributed by atoms with Gasteiger partial charge in [-0.25, -0.2) is 4.98 Å². The summed E-state index contributed by atoms with van der Waals surface area (Å²) in [6.07, 6.45) is 7.89. The second kappa shape index (κ2) is 7.86. The molecule has 1 saturated carbocycles. The van der Waals surface area contributed by atoms with Crippen LogP contribution in [0, 0.1) is 0 Å². The van der Waals surface area contributed by atoms with E-state index >= 15 is 0 Å². The van der Waals surface area contributed by atoms with E-state index in [0.717, 1.165) is 30.7 Å². The third-order valence-corrected chi connectivity index (χ3v) is 7.42. The van der Waals surface area contributed by atoms with Crippen molar-refractivity contribution in [3.8, 4) is 0 Å². The number of hydrogen-bond donors (Lipinski definition) is 0. The summed E-state index contributed by atoms with van der Waals surface area (Å²) in [5.41, 5.74) is 0. The van der Waals surface area contributed by atoms with E-state index < -0.39 is 10.2 Å². The minimum atomic E-state index is -3.41. The standard InChI is InChI=1S/C15H27N3O2S2/c1-13(2)18(11-9-15-16-10-12-21-15)22(19,20)17(3)14-7-5-4-6-8-14/h10,12-14H,4-9,11H2,1-3H3. The van der Waals surface area contributed by atoms with E-state index in [1.165, 1.54) is 6.42 Å². The highest BCUT2D eigenvalue weighted by Gasteiger charge is 2.33. The van der Waals surface area contributed by atoms with Crippen molar-refractivity contribution in [3.05, 3.63) is 16.6 Å². The zero-order valence-corrected chi connectivity index (χ0v) is 15.4. The van der Waals surface area contributed by atoms with Gasteiger partial charge < -0.3 is 0 Å². The van der Waals surface area contributed by atoms with Crippen LogP contribution in [0.1, 0.15) is 51.0 Å². The Morgan fingerprint density at radius 1 is 1.32 bits per heavy atom. The molecular weight excluding hydrogens is 318 g/mol. The minimum Gasteiger partial charge on any atom is -0.250 e. The Balaban J connectivity index is 2.07. The van der Waals surface area contributed by atoms with E-state index in [0.29, 0.717) is 13.0 Å². The summed E-state index contributed by atoms with van der Waals surface area (Å²) in [5.74, 6) is 0. The molecule has 0 bridgehead atoms. The third kappa shape index (κ3) is 4.28. The molecule has 0 atom stereocenters. The fraction of sp³-hybridized carbons (Fsp3) is 0.800. The number of thiazole rings is 1. The Labute approximate surface area is 138 Å². The van der Waals surface area contributed by atoms with Crippen LogP contribution in [0.2, 0.25) is 0 Å². The molecule has 1 aromatic rings. The van der Waals surface area contributed by atoms with Crippen LogP contribution in [-0.2, 0) is 16.6 Å². The molecule has 5 nitrogen and oxygen atoms in total.